The first-order valence-corrected chi connectivity index (χ1v) is 7.96. The standard InChI is InChI=1S/C18H19ClN2O/c1-3-18(4-2)20-16-8-6-5-7-15(16)17(22)21(18)14-11-9-13(19)10-12-14/h5-12,20H,3-4H2,1-2H3. The van der Waals surface area contributed by atoms with Crippen molar-refractivity contribution in [2.24, 2.45) is 0 Å². The second-order valence-corrected chi connectivity index (χ2v) is 5.96. The number of fused-ring (bicyclic) bond motifs is 1. The number of nitrogens with one attached hydrogen (secondary N) is 1. The lowest BCUT2D eigenvalue weighted by molar-refractivity contribution is 0.0950. The van der Waals surface area contributed by atoms with Crippen LogP contribution in [-0.2, 0) is 0 Å². The molecule has 3 nitrogen and oxygen atoms in total. The van der Waals surface area contributed by atoms with Gasteiger partial charge in [0.25, 0.3) is 5.91 Å². The van der Waals surface area contributed by atoms with E-state index in [0.29, 0.717) is 10.6 Å². The van der Waals surface area contributed by atoms with E-state index in [1.54, 1.807) is 0 Å². The van der Waals surface area contributed by atoms with Gasteiger partial charge in [-0.1, -0.05) is 37.6 Å². The highest BCUT2D eigenvalue weighted by Crippen LogP contribution is 2.38. The van der Waals surface area contributed by atoms with Gasteiger partial charge < -0.3 is 5.32 Å². The molecule has 0 saturated heterocycles. The summed E-state index contributed by atoms with van der Waals surface area (Å²) in [5.74, 6) is 0.0281. The third-order valence-electron chi connectivity index (χ3n) is 4.41. The van der Waals surface area contributed by atoms with Crippen LogP contribution < -0.4 is 10.2 Å². The number of benzene rings is 2. The lowest BCUT2D eigenvalue weighted by atomic mass is 9.93. The first kappa shape index (κ1) is 14.9. The van der Waals surface area contributed by atoms with Crippen molar-refractivity contribution in [1.29, 1.82) is 0 Å². The molecule has 0 fully saturated rings. The number of anilines is 2. The summed E-state index contributed by atoms with van der Waals surface area (Å²) in [6.07, 6.45) is 1.62. The monoisotopic (exact) mass is 314 g/mol. The largest absolute Gasteiger partial charge is 0.362 e. The van der Waals surface area contributed by atoms with Crippen LogP contribution in [0.5, 0.6) is 0 Å². The average Bonchev–Trinajstić information content (AvgIpc) is 2.56. The average molecular weight is 315 g/mol. The zero-order chi connectivity index (χ0) is 15.7. The zero-order valence-corrected chi connectivity index (χ0v) is 13.5. The third-order valence-corrected chi connectivity index (χ3v) is 4.66. The molecule has 1 N–H and O–H groups in total. The maximum absolute atomic E-state index is 13.1. The molecule has 0 aromatic heterocycles. The minimum atomic E-state index is -0.417. The molecule has 0 saturated carbocycles. The Morgan fingerprint density at radius 1 is 1.05 bits per heavy atom. The van der Waals surface area contributed by atoms with Gasteiger partial charge in [-0.3, -0.25) is 9.69 Å². The van der Waals surface area contributed by atoms with Crippen molar-refractivity contribution in [3.63, 3.8) is 0 Å². The third kappa shape index (κ3) is 2.26. The normalized spacial score (nSPS) is 16.1. The number of carbonyl (C=O) groups is 1. The number of rotatable bonds is 3. The van der Waals surface area contributed by atoms with Crippen molar-refractivity contribution in [1.82, 2.24) is 0 Å². The minimum Gasteiger partial charge on any atom is -0.362 e. The topological polar surface area (TPSA) is 32.3 Å². The van der Waals surface area contributed by atoms with Crippen LogP contribution in [0.25, 0.3) is 0 Å². The van der Waals surface area contributed by atoms with E-state index in [9.17, 15) is 4.79 Å². The summed E-state index contributed by atoms with van der Waals surface area (Å²) >= 11 is 5.99. The number of amides is 1. The molecule has 2 aromatic carbocycles. The van der Waals surface area contributed by atoms with Gasteiger partial charge in [0.05, 0.1) is 5.56 Å². The molecule has 0 spiro atoms. The van der Waals surface area contributed by atoms with Gasteiger partial charge in [0.2, 0.25) is 0 Å². The van der Waals surface area contributed by atoms with Crippen LogP contribution in [0, 0.1) is 0 Å². The first-order valence-electron chi connectivity index (χ1n) is 7.58. The number of nitrogens with zero attached hydrogens (tertiary/aromatic N) is 1. The molecule has 4 heteroatoms. The van der Waals surface area contributed by atoms with E-state index in [-0.39, 0.29) is 5.91 Å². The lowest BCUT2D eigenvalue weighted by Gasteiger charge is -2.48. The smallest absolute Gasteiger partial charge is 0.262 e. The molecule has 0 aliphatic carbocycles. The molecule has 1 heterocycles. The van der Waals surface area contributed by atoms with E-state index >= 15 is 0 Å². The minimum absolute atomic E-state index is 0.0281. The van der Waals surface area contributed by atoms with E-state index < -0.39 is 5.66 Å². The van der Waals surface area contributed by atoms with Gasteiger partial charge in [0.1, 0.15) is 5.66 Å². The summed E-state index contributed by atoms with van der Waals surface area (Å²) in [5.41, 5.74) is 2.05. The summed E-state index contributed by atoms with van der Waals surface area (Å²) in [7, 11) is 0. The van der Waals surface area contributed by atoms with Crippen LogP contribution in [0.4, 0.5) is 11.4 Å². The Kier molecular flexibility index (Phi) is 3.83. The van der Waals surface area contributed by atoms with Crippen LogP contribution >= 0.6 is 11.6 Å². The van der Waals surface area contributed by atoms with Crippen molar-refractivity contribution in [3.05, 3.63) is 59.1 Å². The van der Waals surface area contributed by atoms with Gasteiger partial charge in [0.15, 0.2) is 0 Å². The van der Waals surface area contributed by atoms with E-state index in [0.717, 1.165) is 24.2 Å². The van der Waals surface area contributed by atoms with Crippen molar-refractivity contribution in [2.75, 3.05) is 10.2 Å². The predicted octanol–water partition coefficient (Wildman–Crippen LogP) is 4.93. The maximum atomic E-state index is 13.1. The SMILES string of the molecule is CCC1(CC)Nc2ccccc2C(=O)N1c1ccc(Cl)cc1. The van der Waals surface area contributed by atoms with Crippen LogP contribution in [0.15, 0.2) is 48.5 Å². The van der Waals surface area contributed by atoms with Gasteiger partial charge in [-0.2, -0.15) is 0 Å². The molecule has 0 radical (unpaired) electrons. The van der Waals surface area contributed by atoms with E-state index in [1.165, 1.54) is 0 Å². The molecular weight excluding hydrogens is 296 g/mol. The Balaban J connectivity index is 2.16. The number of halogens is 1. The Hall–Kier alpha value is -2.00. The van der Waals surface area contributed by atoms with Gasteiger partial charge >= 0.3 is 0 Å². The molecule has 1 amide bonds. The molecule has 1 aliphatic rings. The van der Waals surface area contributed by atoms with Crippen LogP contribution in [0.1, 0.15) is 37.0 Å². The molecular formula is C18H19ClN2O. The summed E-state index contributed by atoms with van der Waals surface area (Å²) in [6.45, 7) is 4.20. The van der Waals surface area contributed by atoms with Crippen LogP contribution in [-0.4, -0.2) is 11.6 Å². The zero-order valence-electron chi connectivity index (χ0n) is 12.8. The van der Waals surface area contributed by atoms with Gasteiger partial charge in [0, 0.05) is 16.4 Å². The molecule has 1 aliphatic heterocycles. The lowest BCUT2D eigenvalue weighted by Crippen LogP contribution is -2.59. The highest BCUT2D eigenvalue weighted by molar-refractivity contribution is 6.30. The van der Waals surface area contributed by atoms with E-state index in [1.807, 2.05) is 53.4 Å². The number of hydrogen-bond donors (Lipinski definition) is 1. The predicted molar refractivity (Wildman–Crippen MR) is 91.6 cm³/mol. The van der Waals surface area contributed by atoms with Crippen LogP contribution in [0.3, 0.4) is 0 Å². The fraction of sp³-hybridized carbons (Fsp3) is 0.278. The number of para-hydroxylation sites is 1. The number of hydrogen-bond acceptors (Lipinski definition) is 2. The highest BCUT2D eigenvalue weighted by atomic mass is 35.5. The first-order chi connectivity index (χ1) is 10.6. The molecule has 0 bridgehead atoms. The van der Waals surface area contributed by atoms with Crippen molar-refractivity contribution in [3.8, 4) is 0 Å². The maximum Gasteiger partial charge on any atom is 0.262 e. The van der Waals surface area contributed by atoms with Crippen molar-refractivity contribution >= 4 is 28.9 Å². The Bertz CT molecular complexity index is 692. The molecule has 2 aromatic rings. The van der Waals surface area contributed by atoms with Crippen molar-refractivity contribution in [2.45, 2.75) is 32.4 Å². The fourth-order valence-corrected chi connectivity index (χ4v) is 3.22. The van der Waals surface area contributed by atoms with Gasteiger partial charge in [-0.25, -0.2) is 0 Å². The number of carbonyl (C=O) groups excluding carboxylic acids is 1. The van der Waals surface area contributed by atoms with E-state index in [2.05, 4.69) is 19.2 Å². The summed E-state index contributed by atoms with van der Waals surface area (Å²) in [6, 6.07) is 15.1. The molecule has 0 atom stereocenters. The van der Waals surface area contributed by atoms with Crippen molar-refractivity contribution < 1.29 is 4.79 Å². The fourth-order valence-electron chi connectivity index (χ4n) is 3.10. The quantitative estimate of drug-likeness (QED) is 0.871. The molecule has 22 heavy (non-hydrogen) atoms. The molecule has 0 unspecified atom stereocenters. The molecule has 3 rings (SSSR count). The summed E-state index contributed by atoms with van der Waals surface area (Å²) in [5, 5.41) is 4.24. The Morgan fingerprint density at radius 3 is 2.32 bits per heavy atom. The molecule has 114 valence electrons. The van der Waals surface area contributed by atoms with Gasteiger partial charge in [-0.15, -0.1) is 0 Å². The highest BCUT2D eigenvalue weighted by Gasteiger charge is 2.42. The van der Waals surface area contributed by atoms with Gasteiger partial charge in [-0.05, 0) is 49.2 Å². The Labute approximate surface area is 135 Å². The van der Waals surface area contributed by atoms with Crippen LogP contribution in [0.2, 0.25) is 5.02 Å². The Morgan fingerprint density at radius 2 is 1.68 bits per heavy atom. The van der Waals surface area contributed by atoms with E-state index in [4.69, 9.17) is 11.6 Å². The second-order valence-electron chi connectivity index (χ2n) is 5.53. The summed E-state index contributed by atoms with van der Waals surface area (Å²) in [4.78, 5) is 15.0. The second kappa shape index (κ2) is 5.65. The summed E-state index contributed by atoms with van der Waals surface area (Å²) < 4.78 is 0.